The number of hydrogen-bond acceptors (Lipinski definition) is 7. The van der Waals surface area contributed by atoms with Gasteiger partial charge in [-0.1, -0.05) is 12.1 Å². The molecule has 0 aliphatic carbocycles. The zero-order valence-corrected chi connectivity index (χ0v) is 18.3. The lowest BCUT2D eigenvalue weighted by Gasteiger charge is -2.15. The van der Waals surface area contributed by atoms with Gasteiger partial charge in [0.05, 0.1) is 13.2 Å². The van der Waals surface area contributed by atoms with Crippen molar-refractivity contribution in [3.05, 3.63) is 64.9 Å². The normalized spacial score (nSPS) is 11.9. The SMILES string of the molecule is COCCNC(=O)c1nc(C(=O)NC(C)CO)c(O)c2ncc(Cc3ccc(F)cc3)cc12. The fourth-order valence-corrected chi connectivity index (χ4v) is 3.17. The zero-order chi connectivity index (χ0) is 24.0. The molecule has 9 nitrogen and oxygen atoms in total. The first-order chi connectivity index (χ1) is 15.8. The van der Waals surface area contributed by atoms with Crippen molar-refractivity contribution in [2.75, 3.05) is 26.9 Å². The standard InChI is InChI=1S/C23H25FN4O5/c1-13(12-29)27-23(32)20-21(30)18-17(19(28-20)22(31)25-7-8-33-2)10-15(11-26-18)9-14-3-5-16(24)6-4-14/h3-6,10-11,13,29-30H,7-9,12H2,1-2H3,(H,25,31)(H,27,32). The van der Waals surface area contributed by atoms with Crippen molar-refractivity contribution in [1.82, 2.24) is 20.6 Å². The van der Waals surface area contributed by atoms with Gasteiger partial charge in [0.1, 0.15) is 17.0 Å². The summed E-state index contributed by atoms with van der Waals surface area (Å²) in [5.41, 5.74) is 1.10. The van der Waals surface area contributed by atoms with Gasteiger partial charge in [0, 0.05) is 31.3 Å². The van der Waals surface area contributed by atoms with E-state index in [4.69, 9.17) is 4.74 Å². The number of nitrogens with one attached hydrogen (secondary N) is 2. The first kappa shape index (κ1) is 24.0. The quantitative estimate of drug-likeness (QED) is 0.359. The summed E-state index contributed by atoms with van der Waals surface area (Å²) in [5.74, 6) is -2.14. The van der Waals surface area contributed by atoms with E-state index in [1.54, 1.807) is 25.1 Å². The van der Waals surface area contributed by atoms with Crippen LogP contribution in [0.4, 0.5) is 4.39 Å². The van der Waals surface area contributed by atoms with Crippen LogP contribution in [0.2, 0.25) is 0 Å². The van der Waals surface area contributed by atoms with Crippen LogP contribution in [0.3, 0.4) is 0 Å². The number of aromatic nitrogens is 2. The fraction of sp³-hybridized carbons (Fsp3) is 0.304. The van der Waals surface area contributed by atoms with Gasteiger partial charge in [-0.05, 0) is 42.7 Å². The average molecular weight is 456 g/mol. The van der Waals surface area contributed by atoms with Gasteiger partial charge < -0.3 is 25.6 Å². The Morgan fingerprint density at radius 2 is 1.88 bits per heavy atom. The Balaban J connectivity index is 2.06. The highest BCUT2D eigenvalue weighted by Gasteiger charge is 2.24. The van der Waals surface area contributed by atoms with E-state index in [0.717, 1.165) is 5.56 Å². The minimum Gasteiger partial charge on any atom is -0.504 e. The summed E-state index contributed by atoms with van der Waals surface area (Å²) < 4.78 is 18.1. The molecule has 0 radical (unpaired) electrons. The van der Waals surface area contributed by atoms with Crippen molar-refractivity contribution in [2.45, 2.75) is 19.4 Å². The summed E-state index contributed by atoms with van der Waals surface area (Å²) in [7, 11) is 1.50. The molecular weight excluding hydrogens is 431 g/mol. The second kappa shape index (κ2) is 10.8. The second-order valence-electron chi connectivity index (χ2n) is 7.51. The second-order valence-corrected chi connectivity index (χ2v) is 7.51. The summed E-state index contributed by atoms with van der Waals surface area (Å²) in [6.45, 7) is 1.76. The first-order valence-electron chi connectivity index (χ1n) is 10.3. The van der Waals surface area contributed by atoms with Crippen LogP contribution < -0.4 is 10.6 Å². The largest absolute Gasteiger partial charge is 0.504 e. The fourth-order valence-electron chi connectivity index (χ4n) is 3.17. The van der Waals surface area contributed by atoms with Crippen molar-refractivity contribution in [3.8, 4) is 5.75 Å². The van der Waals surface area contributed by atoms with Crippen LogP contribution in [-0.4, -0.2) is 64.9 Å². The average Bonchev–Trinajstić information content (AvgIpc) is 2.80. The van der Waals surface area contributed by atoms with Gasteiger partial charge in [0.2, 0.25) is 0 Å². The molecule has 0 bridgehead atoms. The molecule has 1 aromatic carbocycles. The van der Waals surface area contributed by atoms with E-state index in [1.807, 2.05) is 0 Å². The molecule has 10 heteroatoms. The number of aliphatic hydroxyl groups excluding tert-OH is 1. The van der Waals surface area contributed by atoms with E-state index in [1.165, 1.54) is 25.4 Å². The Kier molecular flexibility index (Phi) is 7.86. The summed E-state index contributed by atoms with van der Waals surface area (Å²) in [6.07, 6.45) is 1.92. The van der Waals surface area contributed by atoms with Crippen LogP contribution in [0, 0.1) is 5.82 Å². The van der Waals surface area contributed by atoms with Crippen molar-refractivity contribution in [2.24, 2.45) is 0 Å². The van der Waals surface area contributed by atoms with E-state index in [-0.39, 0.29) is 47.9 Å². The number of aliphatic hydroxyl groups is 1. The van der Waals surface area contributed by atoms with Crippen LogP contribution in [0.15, 0.2) is 36.5 Å². The van der Waals surface area contributed by atoms with E-state index in [0.29, 0.717) is 12.0 Å². The molecule has 33 heavy (non-hydrogen) atoms. The lowest BCUT2D eigenvalue weighted by Crippen LogP contribution is -2.36. The number of halogens is 1. The number of aromatic hydroxyl groups is 1. The van der Waals surface area contributed by atoms with Crippen LogP contribution in [0.5, 0.6) is 5.75 Å². The predicted octanol–water partition coefficient (Wildman–Crippen LogP) is 1.55. The van der Waals surface area contributed by atoms with E-state index in [2.05, 4.69) is 20.6 Å². The van der Waals surface area contributed by atoms with Gasteiger partial charge in [0.15, 0.2) is 11.4 Å². The number of fused-ring (bicyclic) bond motifs is 1. The van der Waals surface area contributed by atoms with Gasteiger partial charge >= 0.3 is 0 Å². The third-order valence-electron chi connectivity index (χ3n) is 4.87. The highest BCUT2D eigenvalue weighted by molar-refractivity contribution is 6.09. The number of pyridine rings is 2. The molecule has 174 valence electrons. The van der Waals surface area contributed by atoms with Crippen molar-refractivity contribution >= 4 is 22.7 Å². The lowest BCUT2D eigenvalue weighted by molar-refractivity contribution is 0.0913. The maximum atomic E-state index is 13.2. The van der Waals surface area contributed by atoms with E-state index >= 15 is 0 Å². The van der Waals surface area contributed by atoms with Gasteiger partial charge in [-0.15, -0.1) is 0 Å². The maximum absolute atomic E-state index is 13.2. The minimum absolute atomic E-state index is 0.0338. The van der Waals surface area contributed by atoms with Gasteiger partial charge in [0.25, 0.3) is 11.8 Å². The zero-order valence-electron chi connectivity index (χ0n) is 18.3. The smallest absolute Gasteiger partial charge is 0.274 e. The minimum atomic E-state index is -0.751. The number of rotatable bonds is 9. The summed E-state index contributed by atoms with van der Waals surface area (Å²) in [5, 5.41) is 25.3. The summed E-state index contributed by atoms with van der Waals surface area (Å²) >= 11 is 0. The molecule has 0 fully saturated rings. The molecule has 3 aromatic rings. The molecule has 1 atom stereocenters. The van der Waals surface area contributed by atoms with Crippen LogP contribution in [0.1, 0.15) is 39.0 Å². The van der Waals surface area contributed by atoms with Crippen molar-refractivity contribution in [1.29, 1.82) is 0 Å². The molecule has 4 N–H and O–H groups in total. The molecular formula is C23H25FN4O5. The summed E-state index contributed by atoms with van der Waals surface area (Å²) in [4.78, 5) is 33.9. The maximum Gasteiger partial charge on any atom is 0.274 e. The first-order valence-corrected chi connectivity index (χ1v) is 10.3. The Hall–Kier alpha value is -3.63. The molecule has 2 amide bonds. The number of carbonyl (C=O) groups excluding carboxylic acids is 2. The van der Waals surface area contributed by atoms with Crippen LogP contribution >= 0.6 is 0 Å². The molecule has 3 rings (SSSR count). The number of ether oxygens (including phenoxy) is 1. The molecule has 2 heterocycles. The number of hydrogen-bond donors (Lipinski definition) is 4. The molecule has 0 spiro atoms. The van der Waals surface area contributed by atoms with Gasteiger partial charge in [-0.2, -0.15) is 0 Å². The van der Waals surface area contributed by atoms with E-state index < -0.39 is 23.6 Å². The number of carbonyl (C=O) groups is 2. The Labute approximate surface area is 189 Å². The summed E-state index contributed by atoms with van der Waals surface area (Å²) in [6, 6.07) is 7.06. The molecule has 0 aliphatic rings. The number of benzene rings is 1. The Morgan fingerprint density at radius 3 is 2.55 bits per heavy atom. The number of methoxy groups -OCH3 is 1. The molecule has 0 aliphatic heterocycles. The number of nitrogens with zero attached hydrogens (tertiary/aromatic N) is 2. The Bertz CT molecular complexity index is 1150. The molecule has 0 saturated carbocycles. The highest BCUT2D eigenvalue weighted by atomic mass is 19.1. The molecule has 2 aromatic heterocycles. The van der Waals surface area contributed by atoms with Crippen LogP contribution in [0.25, 0.3) is 10.9 Å². The van der Waals surface area contributed by atoms with Gasteiger partial charge in [-0.25, -0.2) is 9.37 Å². The third-order valence-corrected chi connectivity index (χ3v) is 4.87. The number of amides is 2. The molecule has 1 unspecified atom stereocenters. The van der Waals surface area contributed by atoms with Crippen LogP contribution in [-0.2, 0) is 11.2 Å². The predicted molar refractivity (Wildman–Crippen MR) is 119 cm³/mol. The van der Waals surface area contributed by atoms with E-state index in [9.17, 15) is 24.2 Å². The third kappa shape index (κ3) is 5.79. The van der Waals surface area contributed by atoms with Gasteiger partial charge in [-0.3, -0.25) is 14.6 Å². The topological polar surface area (TPSA) is 134 Å². The monoisotopic (exact) mass is 456 g/mol. The van der Waals surface area contributed by atoms with Crippen molar-refractivity contribution < 1.29 is 28.9 Å². The molecule has 0 saturated heterocycles. The highest BCUT2D eigenvalue weighted by Crippen LogP contribution is 2.29. The van der Waals surface area contributed by atoms with Crippen molar-refractivity contribution in [3.63, 3.8) is 0 Å². The Morgan fingerprint density at radius 1 is 1.15 bits per heavy atom. The lowest BCUT2D eigenvalue weighted by atomic mass is 10.0.